The Balaban J connectivity index is 2.24. The van der Waals surface area contributed by atoms with Crippen molar-refractivity contribution in [2.75, 3.05) is 23.7 Å². The van der Waals surface area contributed by atoms with E-state index in [4.69, 9.17) is 5.73 Å². The number of anilines is 2. The van der Waals surface area contributed by atoms with Crippen LogP contribution in [-0.4, -0.2) is 29.3 Å². The van der Waals surface area contributed by atoms with E-state index in [1.54, 1.807) is 11.8 Å². The fraction of sp³-hybridized carbons (Fsp3) is 0.583. The molecule has 0 aliphatic carbocycles. The summed E-state index contributed by atoms with van der Waals surface area (Å²) in [5, 5.41) is 9.50. The largest absolute Gasteiger partial charge is 0.416 e. The number of hydrogen-bond acceptors (Lipinski definition) is 4. The van der Waals surface area contributed by atoms with Crippen molar-refractivity contribution in [2.45, 2.75) is 25.6 Å². The first-order chi connectivity index (χ1) is 8.77. The Bertz CT molecular complexity index is 462. The smallest absolute Gasteiger partial charge is 0.393 e. The van der Waals surface area contributed by atoms with E-state index in [9.17, 15) is 18.3 Å². The van der Waals surface area contributed by atoms with Gasteiger partial charge in [0, 0.05) is 19.0 Å². The Morgan fingerprint density at radius 3 is 2.68 bits per heavy atom. The van der Waals surface area contributed by atoms with Gasteiger partial charge in [-0.15, -0.1) is 0 Å². The number of nitrogen functional groups attached to an aromatic ring is 1. The van der Waals surface area contributed by atoms with E-state index in [2.05, 4.69) is 4.98 Å². The molecule has 2 atom stereocenters. The molecule has 0 amide bonds. The summed E-state index contributed by atoms with van der Waals surface area (Å²) in [6, 6.07) is 1.83. The van der Waals surface area contributed by atoms with Gasteiger partial charge in [0.1, 0.15) is 11.6 Å². The molecule has 0 saturated carbocycles. The van der Waals surface area contributed by atoms with Crippen LogP contribution in [0.3, 0.4) is 0 Å². The lowest BCUT2D eigenvalue weighted by molar-refractivity contribution is -0.137. The van der Waals surface area contributed by atoms with Crippen molar-refractivity contribution in [3.8, 4) is 0 Å². The van der Waals surface area contributed by atoms with E-state index in [1.807, 2.05) is 0 Å². The highest BCUT2D eigenvalue weighted by molar-refractivity contribution is 5.50. The number of rotatable bonds is 2. The van der Waals surface area contributed by atoms with E-state index < -0.39 is 17.8 Å². The summed E-state index contributed by atoms with van der Waals surface area (Å²) < 4.78 is 38.1. The van der Waals surface area contributed by atoms with Crippen molar-refractivity contribution in [1.29, 1.82) is 0 Å². The van der Waals surface area contributed by atoms with E-state index in [-0.39, 0.29) is 17.6 Å². The van der Waals surface area contributed by atoms with Crippen molar-refractivity contribution in [3.63, 3.8) is 0 Å². The Kier molecular flexibility index (Phi) is 3.58. The molecule has 0 radical (unpaired) electrons. The van der Waals surface area contributed by atoms with E-state index in [1.165, 1.54) is 0 Å². The number of aromatic nitrogens is 1. The number of alkyl halides is 3. The van der Waals surface area contributed by atoms with Crippen molar-refractivity contribution >= 4 is 11.6 Å². The molecule has 1 aliphatic rings. The van der Waals surface area contributed by atoms with Crippen LogP contribution in [-0.2, 0) is 6.18 Å². The minimum atomic E-state index is -4.44. The summed E-state index contributed by atoms with van der Waals surface area (Å²) in [7, 11) is 0. The van der Waals surface area contributed by atoms with Gasteiger partial charge in [0.2, 0.25) is 0 Å². The topological polar surface area (TPSA) is 62.4 Å². The molecule has 3 N–H and O–H groups in total. The van der Waals surface area contributed by atoms with Crippen LogP contribution in [0.5, 0.6) is 0 Å². The summed E-state index contributed by atoms with van der Waals surface area (Å²) in [6.07, 6.45) is -4.18. The molecule has 7 heteroatoms. The third-order valence-electron chi connectivity index (χ3n) is 3.39. The van der Waals surface area contributed by atoms with E-state index in [0.29, 0.717) is 13.1 Å². The normalized spacial score (nSPS) is 21.7. The van der Waals surface area contributed by atoms with Gasteiger partial charge in [-0.1, -0.05) is 0 Å². The number of nitrogens with two attached hydrogens (primary N) is 1. The summed E-state index contributed by atoms with van der Waals surface area (Å²) in [5.74, 6) is 0.123. The van der Waals surface area contributed by atoms with Crippen LogP contribution in [0, 0.1) is 5.92 Å². The van der Waals surface area contributed by atoms with Gasteiger partial charge in [-0.25, -0.2) is 4.98 Å². The highest BCUT2D eigenvalue weighted by Crippen LogP contribution is 2.33. The molecule has 1 aromatic rings. The second-order valence-corrected chi connectivity index (χ2v) is 4.87. The zero-order chi connectivity index (χ0) is 14.2. The minimum absolute atomic E-state index is 0.0533. The Morgan fingerprint density at radius 2 is 2.16 bits per heavy atom. The van der Waals surface area contributed by atoms with Crippen LogP contribution in [0.2, 0.25) is 0 Å². The van der Waals surface area contributed by atoms with Crippen LogP contribution in [0.25, 0.3) is 0 Å². The first-order valence-corrected chi connectivity index (χ1v) is 6.05. The molecule has 0 aromatic carbocycles. The molecule has 4 nitrogen and oxygen atoms in total. The van der Waals surface area contributed by atoms with Crippen LogP contribution in [0.4, 0.5) is 24.8 Å². The molecule has 1 aliphatic heterocycles. The lowest BCUT2D eigenvalue weighted by Crippen LogP contribution is -2.25. The molecule has 1 saturated heterocycles. The maximum atomic E-state index is 12.7. The van der Waals surface area contributed by atoms with Gasteiger partial charge < -0.3 is 15.7 Å². The Morgan fingerprint density at radius 1 is 1.47 bits per heavy atom. The number of pyridine rings is 1. The van der Waals surface area contributed by atoms with Gasteiger partial charge in [-0.05, 0) is 25.5 Å². The van der Waals surface area contributed by atoms with Gasteiger partial charge >= 0.3 is 6.18 Å². The van der Waals surface area contributed by atoms with Crippen molar-refractivity contribution < 1.29 is 18.3 Å². The standard InChI is InChI=1S/C12H16F3N3O/c1-7(19)8-2-3-18(6-8)11-5-9(12(13,14)15)4-10(16)17-11/h4-5,7-8,19H,2-3,6H2,1H3,(H2,16,17). The second-order valence-electron chi connectivity index (χ2n) is 4.87. The highest BCUT2D eigenvalue weighted by Gasteiger charge is 2.33. The molecule has 2 unspecified atom stereocenters. The zero-order valence-corrected chi connectivity index (χ0v) is 10.5. The van der Waals surface area contributed by atoms with Crippen LogP contribution >= 0.6 is 0 Å². The predicted molar refractivity (Wildman–Crippen MR) is 65.7 cm³/mol. The number of hydrogen-bond donors (Lipinski definition) is 2. The molecule has 0 spiro atoms. The third kappa shape index (κ3) is 3.09. The Labute approximate surface area is 109 Å². The van der Waals surface area contributed by atoms with Crippen molar-refractivity contribution in [3.05, 3.63) is 17.7 Å². The summed E-state index contributed by atoms with van der Waals surface area (Å²) in [5.41, 5.74) is 4.64. The summed E-state index contributed by atoms with van der Waals surface area (Å²) >= 11 is 0. The first-order valence-electron chi connectivity index (χ1n) is 6.05. The molecule has 1 fully saturated rings. The van der Waals surface area contributed by atoms with Gasteiger partial charge in [-0.3, -0.25) is 0 Å². The molecule has 19 heavy (non-hydrogen) atoms. The molecule has 2 heterocycles. The lowest BCUT2D eigenvalue weighted by atomic mass is 10.0. The number of aliphatic hydroxyl groups is 1. The zero-order valence-electron chi connectivity index (χ0n) is 10.5. The second kappa shape index (κ2) is 4.88. The maximum absolute atomic E-state index is 12.7. The molecule has 106 valence electrons. The number of aliphatic hydroxyl groups excluding tert-OH is 1. The fourth-order valence-electron chi connectivity index (χ4n) is 2.25. The third-order valence-corrected chi connectivity index (χ3v) is 3.39. The van der Waals surface area contributed by atoms with Gasteiger partial charge in [0.25, 0.3) is 0 Å². The number of nitrogens with zero attached hydrogens (tertiary/aromatic N) is 2. The first kappa shape index (κ1) is 13.9. The van der Waals surface area contributed by atoms with Crippen molar-refractivity contribution in [1.82, 2.24) is 4.98 Å². The maximum Gasteiger partial charge on any atom is 0.416 e. The lowest BCUT2D eigenvalue weighted by Gasteiger charge is -2.20. The average molecular weight is 275 g/mol. The number of halogens is 3. The van der Waals surface area contributed by atoms with Crippen LogP contribution < -0.4 is 10.6 Å². The molecule has 0 bridgehead atoms. The molecular weight excluding hydrogens is 259 g/mol. The molecule has 1 aromatic heterocycles. The Hall–Kier alpha value is -1.50. The van der Waals surface area contributed by atoms with E-state index >= 15 is 0 Å². The molecular formula is C12H16F3N3O. The van der Waals surface area contributed by atoms with Gasteiger partial charge in [-0.2, -0.15) is 13.2 Å². The minimum Gasteiger partial charge on any atom is -0.393 e. The van der Waals surface area contributed by atoms with Crippen molar-refractivity contribution in [2.24, 2.45) is 5.92 Å². The SMILES string of the molecule is CC(O)C1CCN(c2cc(C(F)(F)F)cc(N)n2)C1. The monoisotopic (exact) mass is 275 g/mol. The summed E-state index contributed by atoms with van der Waals surface area (Å²) in [6.45, 7) is 2.75. The highest BCUT2D eigenvalue weighted by atomic mass is 19.4. The van der Waals surface area contributed by atoms with E-state index in [0.717, 1.165) is 18.6 Å². The fourth-order valence-corrected chi connectivity index (χ4v) is 2.25. The average Bonchev–Trinajstić information content (AvgIpc) is 2.76. The van der Waals surface area contributed by atoms with Crippen LogP contribution in [0.1, 0.15) is 18.9 Å². The van der Waals surface area contributed by atoms with Crippen LogP contribution in [0.15, 0.2) is 12.1 Å². The predicted octanol–water partition coefficient (Wildman–Crippen LogP) is 1.89. The van der Waals surface area contributed by atoms with Gasteiger partial charge in [0.05, 0.1) is 11.7 Å². The quantitative estimate of drug-likeness (QED) is 0.865. The molecule has 2 rings (SSSR count). The summed E-state index contributed by atoms with van der Waals surface area (Å²) in [4.78, 5) is 5.67. The van der Waals surface area contributed by atoms with Gasteiger partial charge in [0.15, 0.2) is 0 Å².